The molecule has 0 radical (unpaired) electrons. The summed E-state index contributed by atoms with van der Waals surface area (Å²) in [4.78, 5) is 8.84. The normalized spacial score (nSPS) is 15.0. The number of pyridine rings is 1. The number of piperazine rings is 1. The molecule has 1 saturated heterocycles. The third kappa shape index (κ3) is 4.55. The van der Waals surface area contributed by atoms with Crippen LogP contribution in [0.4, 0.5) is 5.82 Å². The van der Waals surface area contributed by atoms with E-state index >= 15 is 0 Å². The fraction of sp³-hybridized carbons (Fsp3) is 0.333. The van der Waals surface area contributed by atoms with Crippen LogP contribution in [0.15, 0.2) is 36.5 Å². The quantitative estimate of drug-likeness (QED) is 0.799. The SMILES string of the molecule is N#Cc1cccnc1N1CCN(CCOc2ccc(Cl)cc2Cl)CC1. The molecular weight excluding hydrogens is 359 g/mol. The maximum Gasteiger partial charge on any atom is 0.146 e. The Balaban J connectivity index is 1.47. The molecule has 0 unspecified atom stereocenters. The molecule has 1 fully saturated rings. The van der Waals surface area contributed by atoms with Gasteiger partial charge in [-0.15, -0.1) is 0 Å². The molecule has 1 aliphatic rings. The number of nitriles is 1. The van der Waals surface area contributed by atoms with Gasteiger partial charge in [-0.25, -0.2) is 4.98 Å². The molecule has 2 heterocycles. The van der Waals surface area contributed by atoms with Crippen LogP contribution in [0.25, 0.3) is 0 Å². The smallest absolute Gasteiger partial charge is 0.146 e. The molecule has 0 atom stereocenters. The summed E-state index contributed by atoms with van der Waals surface area (Å²) in [5, 5.41) is 10.3. The second kappa shape index (κ2) is 8.39. The van der Waals surface area contributed by atoms with E-state index in [1.165, 1.54) is 0 Å². The van der Waals surface area contributed by atoms with E-state index in [0.717, 1.165) is 38.5 Å². The lowest BCUT2D eigenvalue weighted by atomic mass is 10.2. The monoisotopic (exact) mass is 376 g/mol. The lowest BCUT2D eigenvalue weighted by molar-refractivity contribution is 0.200. The number of ether oxygens (including phenoxy) is 1. The first-order chi connectivity index (χ1) is 12.2. The third-order valence-corrected chi connectivity index (χ3v) is 4.67. The van der Waals surface area contributed by atoms with Gasteiger partial charge in [-0.2, -0.15) is 5.26 Å². The van der Waals surface area contributed by atoms with Crippen molar-refractivity contribution in [2.24, 2.45) is 0 Å². The number of nitrogens with zero attached hydrogens (tertiary/aromatic N) is 4. The standard InChI is InChI=1S/C18H18Cl2N4O/c19-15-3-4-17(16(20)12-15)25-11-10-23-6-8-24(9-7-23)18-14(13-21)2-1-5-22-18/h1-5,12H,6-11H2. The highest BCUT2D eigenvalue weighted by Crippen LogP contribution is 2.27. The molecular formula is C18H18Cl2N4O. The van der Waals surface area contributed by atoms with Gasteiger partial charge in [0.05, 0.1) is 10.6 Å². The molecule has 0 amide bonds. The molecule has 1 aromatic carbocycles. The fourth-order valence-corrected chi connectivity index (χ4v) is 3.26. The van der Waals surface area contributed by atoms with Crippen LogP contribution in [0.5, 0.6) is 5.75 Å². The van der Waals surface area contributed by atoms with Crippen molar-refractivity contribution in [3.05, 3.63) is 52.1 Å². The highest BCUT2D eigenvalue weighted by molar-refractivity contribution is 6.35. The van der Waals surface area contributed by atoms with Crippen LogP contribution in [0.3, 0.4) is 0 Å². The molecule has 7 heteroatoms. The Kier molecular flexibility index (Phi) is 5.98. The predicted molar refractivity (Wildman–Crippen MR) is 99.6 cm³/mol. The molecule has 0 aliphatic carbocycles. The first-order valence-electron chi connectivity index (χ1n) is 8.07. The predicted octanol–water partition coefficient (Wildman–Crippen LogP) is 3.46. The summed E-state index contributed by atoms with van der Waals surface area (Å²) in [5.74, 6) is 1.42. The van der Waals surface area contributed by atoms with Gasteiger partial charge in [0, 0.05) is 43.9 Å². The van der Waals surface area contributed by atoms with E-state index in [1.807, 2.05) is 0 Å². The van der Waals surface area contributed by atoms with Gasteiger partial charge in [-0.1, -0.05) is 23.2 Å². The molecule has 0 spiro atoms. The fourth-order valence-electron chi connectivity index (χ4n) is 2.80. The van der Waals surface area contributed by atoms with Crippen molar-refractivity contribution in [1.29, 1.82) is 5.26 Å². The van der Waals surface area contributed by atoms with Gasteiger partial charge >= 0.3 is 0 Å². The number of halogens is 2. The second-order valence-corrected chi connectivity index (χ2v) is 6.58. The summed E-state index contributed by atoms with van der Waals surface area (Å²) in [6.07, 6.45) is 1.73. The Morgan fingerprint density at radius 3 is 2.68 bits per heavy atom. The minimum atomic E-state index is 0.525. The lowest BCUT2D eigenvalue weighted by Gasteiger charge is -2.35. The molecule has 2 aromatic rings. The van der Waals surface area contributed by atoms with Crippen molar-refractivity contribution < 1.29 is 4.74 Å². The zero-order valence-corrected chi connectivity index (χ0v) is 15.2. The van der Waals surface area contributed by atoms with Crippen molar-refractivity contribution in [2.75, 3.05) is 44.2 Å². The Bertz CT molecular complexity index is 770. The summed E-state index contributed by atoms with van der Waals surface area (Å²) >= 11 is 12.0. The number of anilines is 1. The summed E-state index contributed by atoms with van der Waals surface area (Å²) in [6, 6.07) is 11.0. The van der Waals surface area contributed by atoms with E-state index in [1.54, 1.807) is 36.5 Å². The molecule has 130 valence electrons. The van der Waals surface area contributed by atoms with Crippen LogP contribution < -0.4 is 9.64 Å². The maximum absolute atomic E-state index is 9.20. The van der Waals surface area contributed by atoms with Gasteiger partial charge in [0.1, 0.15) is 24.2 Å². The Hall–Kier alpha value is -2.00. The average molecular weight is 377 g/mol. The van der Waals surface area contributed by atoms with Crippen LogP contribution in [0.1, 0.15) is 5.56 Å². The highest BCUT2D eigenvalue weighted by atomic mass is 35.5. The van der Waals surface area contributed by atoms with Crippen molar-refractivity contribution >= 4 is 29.0 Å². The summed E-state index contributed by atoms with van der Waals surface area (Å²) in [7, 11) is 0. The molecule has 0 saturated carbocycles. The van der Waals surface area contributed by atoms with Gasteiger partial charge < -0.3 is 9.64 Å². The third-order valence-electron chi connectivity index (χ3n) is 4.14. The molecule has 0 bridgehead atoms. The van der Waals surface area contributed by atoms with E-state index in [4.69, 9.17) is 27.9 Å². The van der Waals surface area contributed by atoms with Crippen molar-refractivity contribution in [2.45, 2.75) is 0 Å². The van der Waals surface area contributed by atoms with Crippen molar-refractivity contribution in [3.63, 3.8) is 0 Å². The number of hydrogen-bond acceptors (Lipinski definition) is 5. The van der Waals surface area contributed by atoms with Gasteiger partial charge in [-0.05, 0) is 30.3 Å². The number of rotatable bonds is 5. The average Bonchev–Trinajstić information content (AvgIpc) is 2.64. The van der Waals surface area contributed by atoms with Crippen LogP contribution in [-0.4, -0.2) is 49.2 Å². The van der Waals surface area contributed by atoms with E-state index in [-0.39, 0.29) is 0 Å². The maximum atomic E-state index is 9.20. The van der Waals surface area contributed by atoms with Crippen LogP contribution in [-0.2, 0) is 0 Å². The first-order valence-corrected chi connectivity index (χ1v) is 8.83. The van der Waals surface area contributed by atoms with Crippen molar-refractivity contribution in [1.82, 2.24) is 9.88 Å². The van der Waals surface area contributed by atoms with Crippen LogP contribution in [0, 0.1) is 11.3 Å². The number of hydrogen-bond donors (Lipinski definition) is 0. The summed E-state index contributed by atoms with van der Waals surface area (Å²) in [6.45, 7) is 4.87. The summed E-state index contributed by atoms with van der Waals surface area (Å²) in [5.41, 5.74) is 0.622. The molecule has 1 aliphatic heterocycles. The highest BCUT2D eigenvalue weighted by Gasteiger charge is 2.20. The van der Waals surface area contributed by atoms with E-state index in [9.17, 15) is 5.26 Å². The minimum absolute atomic E-state index is 0.525. The molecule has 1 aromatic heterocycles. The Morgan fingerprint density at radius 1 is 1.16 bits per heavy atom. The van der Waals surface area contributed by atoms with E-state index < -0.39 is 0 Å². The Morgan fingerprint density at radius 2 is 1.96 bits per heavy atom. The van der Waals surface area contributed by atoms with E-state index in [2.05, 4.69) is 20.9 Å². The second-order valence-electron chi connectivity index (χ2n) is 5.74. The topological polar surface area (TPSA) is 52.4 Å². The minimum Gasteiger partial charge on any atom is -0.491 e. The van der Waals surface area contributed by atoms with Gasteiger partial charge in [0.2, 0.25) is 0 Å². The molecule has 0 N–H and O–H groups in total. The molecule has 25 heavy (non-hydrogen) atoms. The van der Waals surface area contributed by atoms with Crippen LogP contribution >= 0.6 is 23.2 Å². The van der Waals surface area contributed by atoms with E-state index in [0.29, 0.717) is 28.0 Å². The zero-order valence-electron chi connectivity index (χ0n) is 13.7. The number of aromatic nitrogens is 1. The van der Waals surface area contributed by atoms with Crippen molar-refractivity contribution in [3.8, 4) is 11.8 Å². The first kappa shape index (κ1) is 17.8. The largest absolute Gasteiger partial charge is 0.491 e. The van der Waals surface area contributed by atoms with Gasteiger partial charge in [0.15, 0.2) is 0 Å². The van der Waals surface area contributed by atoms with Gasteiger partial charge in [0.25, 0.3) is 0 Å². The zero-order chi connectivity index (χ0) is 17.6. The molecule has 3 rings (SSSR count). The van der Waals surface area contributed by atoms with Crippen LogP contribution in [0.2, 0.25) is 10.0 Å². The lowest BCUT2D eigenvalue weighted by Crippen LogP contribution is -2.48. The van der Waals surface area contributed by atoms with Gasteiger partial charge in [-0.3, -0.25) is 4.90 Å². The molecule has 5 nitrogen and oxygen atoms in total. The Labute approximate surface area is 157 Å². The summed E-state index contributed by atoms with van der Waals surface area (Å²) < 4.78 is 5.74. The number of benzene rings is 1.